The quantitative estimate of drug-likeness (QED) is 0.410. The molecule has 1 aliphatic heterocycles. The first kappa shape index (κ1) is 25.4. The molecule has 2 heterocycles. The van der Waals surface area contributed by atoms with Crippen LogP contribution in [-0.4, -0.2) is 65.9 Å². The van der Waals surface area contributed by atoms with Crippen LogP contribution in [0, 0.1) is 11.7 Å². The molecule has 1 fully saturated rings. The van der Waals surface area contributed by atoms with Gasteiger partial charge in [-0.2, -0.15) is 5.10 Å². The van der Waals surface area contributed by atoms with Gasteiger partial charge in [0, 0.05) is 51.4 Å². The van der Waals surface area contributed by atoms with Gasteiger partial charge in [-0.05, 0) is 55.6 Å². The van der Waals surface area contributed by atoms with Crippen molar-refractivity contribution in [2.75, 3.05) is 51.2 Å². The minimum Gasteiger partial charge on any atom is -0.354 e. The maximum absolute atomic E-state index is 13.7. The average molecular weight is 478 g/mol. The van der Waals surface area contributed by atoms with Gasteiger partial charge in [-0.1, -0.05) is 51.1 Å². The van der Waals surface area contributed by atoms with Crippen LogP contribution in [-0.2, 0) is 19.4 Å². The van der Waals surface area contributed by atoms with E-state index < -0.39 is 0 Å². The molecule has 0 atom stereocenters. The Bertz CT molecular complexity index is 1050. The molecule has 0 aliphatic carbocycles. The highest BCUT2D eigenvalue weighted by Gasteiger charge is 2.27. The lowest BCUT2D eigenvalue weighted by molar-refractivity contribution is 0.238. The number of halogens is 1. The molecule has 0 amide bonds. The largest absolute Gasteiger partial charge is 0.354 e. The summed E-state index contributed by atoms with van der Waals surface area (Å²) in [7, 11) is 2.18. The van der Waals surface area contributed by atoms with E-state index in [9.17, 15) is 4.39 Å². The highest BCUT2D eigenvalue weighted by molar-refractivity contribution is 5.56. The Morgan fingerprint density at radius 1 is 0.971 bits per heavy atom. The summed E-state index contributed by atoms with van der Waals surface area (Å²) in [6, 6.07) is 17.5. The molecule has 35 heavy (non-hydrogen) atoms. The first-order valence-electron chi connectivity index (χ1n) is 13.0. The van der Waals surface area contributed by atoms with Crippen LogP contribution in [0.15, 0.2) is 54.6 Å². The monoisotopic (exact) mass is 477 g/mol. The van der Waals surface area contributed by atoms with E-state index in [-0.39, 0.29) is 5.82 Å². The molecule has 5 nitrogen and oxygen atoms in total. The van der Waals surface area contributed by atoms with E-state index in [1.54, 1.807) is 0 Å². The summed E-state index contributed by atoms with van der Waals surface area (Å²) in [6.07, 6.45) is 1.91. The van der Waals surface area contributed by atoms with Crippen LogP contribution >= 0.6 is 0 Å². The van der Waals surface area contributed by atoms with E-state index in [0.29, 0.717) is 5.92 Å². The average Bonchev–Trinajstić information content (AvgIpc) is 3.22. The first-order chi connectivity index (χ1) is 16.9. The summed E-state index contributed by atoms with van der Waals surface area (Å²) in [5.41, 5.74) is 4.74. The fraction of sp³-hybridized carbons (Fsp3) is 0.483. The van der Waals surface area contributed by atoms with Crippen molar-refractivity contribution in [2.24, 2.45) is 5.92 Å². The summed E-state index contributed by atoms with van der Waals surface area (Å²) in [5.74, 6) is 1.53. The van der Waals surface area contributed by atoms with Gasteiger partial charge in [-0.3, -0.25) is 4.90 Å². The molecule has 1 aliphatic rings. The number of nitrogens with zero attached hydrogens (tertiary/aromatic N) is 5. The molecule has 0 unspecified atom stereocenters. The molecule has 4 rings (SSSR count). The number of piperazine rings is 1. The van der Waals surface area contributed by atoms with E-state index in [4.69, 9.17) is 5.10 Å². The summed E-state index contributed by atoms with van der Waals surface area (Å²) in [4.78, 5) is 7.44. The molecule has 1 saturated heterocycles. The Morgan fingerprint density at radius 2 is 1.66 bits per heavy atom. The third-order valence-electron chi connectivity index (χ3n) is 6.81. The van der Waals surface area contributed by atoms with Crippen molar-refractivity contribution >= 4 is 5.82 Å². The van der Waals surface area contributed by atoms with Crippen molar-refractivity contribution < 1.29 is 4.39 Å². The van der Waals surface area contributed by atoms with Gasteiger partial charge in [-0.25, -0.2) is 9.07 Å². The third kappa shape index (κ3) is 6.50. The zero-order valence-electron chi connectivity index (χ0n) is 21.8. The second kappa shape index (κ2) is 11.8. The second-order valence-electron chi connectivity index (χ2n) is 10.1. The van der Waals surface area contributed by atoms with Gasteiger partial charge in [0.15, 0.2) is 0 Å². The smallest absolute Gasteiger partial charge is 0.137 e. The molecule has 3 aromatic rings. The van der Waals surface area contributed by atoms with E-state index >= 15 is 0 Å². The van der Waals surface area contributed by atoms with Crippen LogP contribution in [0.2, 0.25) is 0 Å². The number of hydrogen-bond donors (Lipinski definition) is 0. The lowest BCUT2D eigenvalue weighted by atomic mass is 10.1. The standard InChI is InChI=1S/C29H40FN5/c1-5-28-27(22-33(21-23(2)3)16-15-24-9-7-6-8-10-24)29(34-19-17-32(4)18-20-34)35(31-28)26-13-11-25(30)12-14-26/h6-14,23H,5,15-22H2,1-4H3. The molecule has 0 spiro atoms. The van der Waals surface area contributed by atoms with Gasteiger partial charge < -0.3 is 9.80 Å². The Balaban J connectivity index is 1.69. The zero-order chi connectivity index (χ0) is 24.8. The number of aryl methyl sites for hydroxylation is 1. The number of aromatic nitrogens is 2. The van der Waals surface area contributed by atoms with Crippen LogP contribution in [0.25, 0.3) is 5.69 Å². The Hall–Kier alpha value is -2.70. The number of rotatable bonds is 10. The Labute approximate surface area is 210 Å². The van der Waals surface area contributed by atoms with Crippen LogP contribution in [0.4, 0.5) is 10.2 Å². The lowest BCUT2D eigenvalue weighted by Gasteiger charge is -2.35. The molecule has 0 N–H and O–H groups in total. The van der Waals surface area contributed by atoms with Crippen LogP contribution in [0.1, 0.15) is 37.6 Å². The summed E-state index contributed by atoms with van der Waals surface area (Å²) in [5, 5.41) is 5.09. The maximum Gasteiger partial charge on any atom is 0.137 e. The highest BCUT2D eigenvalue weighted by Crippen LogP contribution is 2.30. The van der Waals surface area contributed by atoms with Crippen LogP contribution in [0.3, 0.4) is 0 Å². The Morgan fingerprint density at radius 3 is 2.29 bits per heavy atom. The van der Waals surface area contributed by atoms with Crippen LogP contribution in [0.5, 0.6) is 0 Å². The predicted molar refractivity (Wildman–Crippen MR) is 143 cm³/mol. The topological polar surface area (TPSA) is 27.5 Å². The van der Waals surface area contributed by atoms with Gasteiger partial charge in [-0.15, -0.1) is 0 Å². The molecular formula is C29H40FN5. The fourth-order valence-corrected chi connectivity index (χ4v) is 4.94. The first-order valence-corrected chi connectivity index (χ1v) is 13.0. The summed E-state index contributed by atoms with van der Waals surface area (Å²) < 4.78 is 15.8. The molecule has 2 aromatic carbocycles. The molecule has 0 bridgehead atoms. The Kier molecular flexibility index (Phi) is 8.58. The van der Waals surface area contributed by atoms with Crippen molar-refractivity contribution in [1.29, 1.82) is 0 Å². The minimum atomic E-state index is -0.220. The van der Waals surface area contributed by atoms with Crippen LogP contribution < -0.4 is 4.90 Å². The maximum atomic E-state index is 13.7. The number of likely N-dealkylation sites (N-methyl/N-ethyl adjacent to an activating group) is 1. The number of hydrogen-bond acceptors (Lipinski definition) is 4. The van der Waals surface area contributed by atoms with Gasteiger partial charge in [0.25, 0.3) is 0 Å². The van der Waals surface area contributed by atoms with E-state index in [1.807, 2.05) is 12.1 Å². The highest BCUT2D eigenvalue weighted by atomic mass is 19.1. The van der Waals surface area contributed by atoms with E-state index in [0.717, 1.165) is 70.0 Å². The second-order valence-corrected chi connectivity index (χ2v) is 10.1. The molecule has 1 aromatic heterocycles. The number of benzene rings is 2. The molecule has 0 saturated carbocycles. The van der Waals surface area contributed by atoms with E-state index in [2.05, 4.69) is 77.5 Å². The molecule has 6 heteroatoms. The van der Waals surface area contributed by atoms with Crippen molar-refractivity contribution in [2.45, 2.75) is 40.2 Å². The minimum absolute atomic E-state index is 0.220. The normalized spacial score (nSPS) is 14.9. The van der Waals surface area contributed by atoms with Crippen molar-refractivity contribution in [1.82, 2.24) is 19.6 Å². The third-order valence-corrected chi connectivity index (χ3v) is 6.81. The van der Waals surface area contributed by atoms with Gasteiger partial charge >= 0.3 is 0 Å². The predicted octanol–water partition coefficient (Wildman–Crippen LogP) is 5.03. The summed E-state index contributed by atoms with van der Waals surface area (Å²) in [6.45, 7) is 13.7. The summed E-state index contributed by atoms with van der Waals surface area (Å²) >= 11 is 0. The fourth-order valence-electron chi connectivity index (χ4n) is 4.94. The van der Waals surface area contributed by atoms with Crippen molar-refractivity contribution in [3.05, 3.63) is 77.2 Å². The zero-order valence-corrected chi connectivity index (χ0v) is 21.8. The van der Waals surface area contributed by atoms with Gasteiger partial charge in [0.1, 0.15) is 11.6 Å². The molecular weight excluding hydrogens is 437 g/mol. The van der Waals surface area contributed by atoms with Crippen molar-refractivity contribution in [3.8, 4) is 5.69 Å². The SMILES string of the molecule is CCc1nn(-c2ccc(F)cc2)c(N2CCN(C)CC2)c1CN(CCc1ccccc1)CC(C)C. The number of anilines is 1. The lowest BCUT2D eigenvalue weighted by Crippen LogP contribution is -2.45. The molecule has 0 radical (unpaired) electrons. The van der Waals surface area contributed by atoms with Crippen molar-refractivity contribution in [3.63, 3.8) is 0 Å². The van der Waals surface area contributed by atoms with Gasteiger partial charge in [0.2, 0.25) is 0 Å². The molecule has 188 valence electrons. The van der Waals surface area contributed by atoms with E-state index in [1.165, 1.54) is 29.1 Å². The van der Waals surface area contributed by atoms with Gasteiger partial charge in [0.05, 0.1) is 11.4 Å².